The second kappa shape index (κ2) is 12.3. The molecule has 3 aromatic rings. The number of benzene rings is 2. The molecule has 2 heterocycles. The van der Waals surface area contributed by atoms with Crippen LogP contribution >= 0.6 is 33.7 Å². The number of hydrogen-bond donors (Lipinski definition) is 4. The van der Waals surface area contributed by atoms with Crippen molar-refractivity contribution in [3.8, 4) is 10.4 Å². The molecular weight excluding hydrogens is 610 g/mol. The van der Waals surface area contributed by atoms with Gasteiger partial charge in [0.25, 0.3) is 0 Å². The van der Waals surface area contributed by atoms with Crippen LogP contribution in [0.2, 0.25) is 5.02 Å². The Hall–Kier alpha value is -2.80. The topological polar surface area (TPSA) is 123 Å². The van der Waals surface area contributed by atoms with Crippen LogP contribution in [0.3, 0.4) is 0 Å². The number of para-hydroxylation sites is 1. The number of nitrogens with one attached hydrogen (secondary N) is 1. The number of aromatic carboxylic acids is 1. The number of amides is 1. The van der Waals surface area contributed by atoms with E-state index in [1.54, 1.807) is 44.3 Å². The minimum atomic E-state index is -3.47. The van der Waals surface area contributed by atoms with Crippen LogP contribution in [0.1, 0.15) is 62.5 Å². The third kappa shape index (κ3) is 6.67. The number of likely N-dealkylation sites (N-methyl/N-ethyl adjacent to an activating group) is 1. The van der Waals surface area contributed by atoms with Crippen molar-refractivity contribution in [1.29, 1.82) is 0 Å². The van der Waals surface area contributed by atoms with Gasteiger partial charge in [-0.05, 0) is 69.9 Å². The van der Waals surface area contributed by atoms with Gasteiger partial charge < -0.3 is 14.7 Å². The third-order valence-electron chi connectivity index (χ3n) is 7.96. The lowest BCUT2D eigenvalue weighted by Gasteiger charge is -2.46. The van der Waals surface area contributed by atoms with Gasteiger partial charge in [0.1, 0.15) is 10.5 Å². The molecule has 1 atom stereocenters. The van der Waals surface area contributed by atoms with Gasteiger partial charge in [-0.15, -0.1) is 22.1 Å². The number of carbonyl (C=O) groups is 2. The van der Waals surface area contributed by atoms with Gasteiger partial charge in [0.15, 0.2) is 0 Å². The molecule has 4 N–H and O–H groups in total. The highest BCUT2D eigenvalue weighted by Crippen LogP contribution is 2.61. The number of thiophene rings is 1. The van der Waals surface area contributed by atoms with E-state index in [2.05, 4.69) is 10.2 Å². The minimum absolute atomic E-state index is 0.0692. The molecule has 1 aliphatic heterocycles. The number of carbonyl (C=O) groups excluding carboxylic acids is 1. The van der Waals surface area contributed by atoms with Gasteiger partial charge in [0, 0.05) is 35.8 Å². The zero-order chi connectivity index (χ0) is 31.1. The van der Waals surface area contributed by atoms with Crippen molar-refractivity contribution in [3.63, 3.8) is 0 Å². The molecule has 5 rings (SSSR count). The molecule has 2 aliphatic rings. The molecule has 0 bridgehead atoms. The molecule has 0 spiro atoms. The Labute approximate surface area is 262 Å². The normalized spacial score (nSPS) is 20.2. The molecule has 43 heavy (non-hydrogen) atoms. The number of fused-ring (bicyclic) bond motifs is 1. The molecule has 1 saturated carbocycles. The van der Waals surface area contributed by atoms with E-state index in [-0.39, 0.29) is 16.6 Å². The summed E-state index contributed by atoms with van der Waals surface area (Å²) >= 11 is 7.84. The maximum Gasteiger partial charge on any atom is 0.412 e. The lowest BCUT2D eigenvalue weighted by Crippen LogP contribution is -2.45. The summed E-state index contributed by atoms with van der Waals surface area (Å²) in [5.41, 5.74) is 1.23. The maximum absolute atomic E-state index is 12.5. The Morgan fingerprint density at radius 3 is 2.37 bits per heavy atom. The first-order chi connectivity index (χ1) is 20.3. The van der Waals surface area contributed by atoms with Crippen molar-refractivity contribution in [3.05, 3.63) is 58.4 Å². The number of rotatable bonds is 5. The molecule has 1 aliphatic carbocycles. The summed E-state index contributed by atoms with van der Waals surface area (Å²) < 4.78 is 30.9. The van der Waals surface area contributed by atoms with E-state index in [4.69, 9.17) is 16.3 Å². The van der Waals surface area contributed by atoms with Gasteiger partial charge in [-0.3, -0.25) is 14.4 Å². The Bertz CT molecular complexity index is 1500. The molecule has 1 aromatic heterocycles. The van der Waals surface area contributed by atoms with E-state index in [0.29, 0.717) is 38.5 Å². The summed E-state index contributed by atoms with van der Waals surface area (Å²) in [6.07, 6.45) is 4.69. The standard InChI is InChI=1S/C31H38ClN3O6S2/c1-31(2,3)41-30(38)33-23-17-26(42-28(23)29(36)37)21-15-27-24(16-22(21)32)35(20-13-9-6-10-14-20)18-25(34(4)43(27,39)40)19-11-7-5-8-12-19/h6,9-10,13-17,19,25,39-40H,5,7-8,11-12,18H2,1-4H3,(H,33,38)(H,36,37). The van der Waals surface area contributed by atoms with Gasteiger partial charge in [0.2, 0.25) is 0 Å². The zero-order valence-electron chi connectivity index (χ0n) is 24.7. The number of carboxylic acid groups (broad SMARTS) is 1. The summed E-state index contributed by atoms with van der Waals surface area (Å²) in [5.74, 6) is -0.917. The van der Waals surface area contributed by atoms with Crippen molar-refractivity contribution in [2.24, 2.45) is 5.92 Å². The average molecular weight is 648 g/mol. The fraction of sp³-hybridized carbons (Fsp3) is 0.419. The third-order valence-corrected chi connectivity index (χ3v) is 11.4. The van der Waals surface area contributed by atoms with Crippen molar-refractivity contribution in [2.45, 2.75) is 69.4 Å². The number of anilines is 3. The predicted molar refractivity (Wildman–Crippen MR) is 174 cm³/mol. The van der Waals surface area contributed by atoms with Gasteiger partial charge in [-0.2, -0.15) is 4.31 Å². The molecule has 2 aromatic carbocycles. The molecule has 1 unspecified atom stereocenters. The van der Waals surface area contributed by atoms with E-state index in [1.165, 1.54) is 12.5 Å². The molecular formula is C31H38ClN3O6S2. The summed E-state index contributed by atoms with van der Waals surface area (Å²) in [7, 11) is -1.70. The molecule has 1 amide bonds. The van der Waals surface area contributed by atoms with Crippen LogP contribution in [0, 0.1) is 5.92 Å². The van der Waals surface area contributed by atoms with Crippen LogP contribution in [0.15, 0.2) is 53.4 Å². The van der Waals surface area contributed by atoms with E-state index < -0.39 is 28.4 Å². The summed E-state index contributed by atoms with van der Waals surface area (Å²) in [4.78, 5) is 27.4. The Morgan fingerprint density at radius 1 is 1.07 bits per heavy atom. The predicted octanol–water partition coefficient (Wildman–Crippen LogP) is 9.17. The van der Waals surface area contributed by atoms with E-state index in [0.717, 1.165) is 42.7 Å². The second-order valence-corrected chi connectivity index (χ2v) is 15.6. The molecule has 0 saturated heterocycles. The number of hydrogen-bond acceptors (Lipinski definition) is 8. The van der Waals surface area contributed by atoms with Crippen LogP contribution in [-0.4, -0.2) is 55.8 Å². The number of carboxylic acids is 1. The fourth-order valence-corrected chi connectivity index (χ4v) is 8.86. The minimum Gasteiger partial charge on any atom is -0.477 e. The van der Waals surface area contributed by atoms with Crippen LogP contribution in [-0.2, 0) is 4.74 Å². The number of nitrogens with zero attached hydrogens (tertiary/aromatic N) is 2. The van der Waals surface area contributed by atoms with Crippen LogP contribution in [0.4, 0.5) is 21.9 Å². The van der Waals surface area contributed by atoms with Crippen molar-refractivity contribution in [1.82, 2.24) is 4.31 Å². The lowest BCUT2D eigenvalue weighted by molar-refractivity contribution is 0.0636. The van der Waals surface area contributed by atoms with E-state index in [9.17, 15) is 23.8 Å². The van der Waals surface area contributed by atoms with Crippen molar-refractivity contribution >= 4 is 62.8 Å². The second-order valence-electron chi connectivity index (χ2n) is 12.1. The first kappa shape index (κ1) is 31.6. The first-order valence-corrected chi connectivity index (χ1v) is 17.0. The summed E-state index contributed by atoms with van der Waals surface area (Å²) in [5, 5.41) is 12.8. The fourth-order valence-electron chi connectivity index (χ4n) is 5.91. The van der Waals surface area contributed by atoms with E-state index >= 15 is 0 Å². The van der Waals surface area contributed by atoms with Crippen molar-refractivity contribution < 1.29 is 28.5 Å². The highest BCUT2D eigenvalue weighted by atomic mass is 35.5. The maximum atomic E-state index is 12.5. The SMILES string of the molecule is CN1C(C2CCCCC2)CN(c2ccccc2)c2cc(Cl)c(-c3cc(NC(=O)OC(C)(C)C)c(C(=O)O)s3)cc2S1(O)O. The zero-order valence-corrected chi connectivity index (χ0v) is 27.1. The summed E-state index contributed by atoms with van der Waals surface area (Å²) in [6, 6.07) is 14.6. The van der Waals surface area contributed by atoms with Crippen LogP contribution in [0.5, 0.6) is 0 Å². The van der Waals surface area contributed by atoms with Gasteiger partial charge in [0.05, 0.1) is 21.3 Å². The van der Waals surface area contributed by atoms with Crippen LogP contribution < -0.4 is 10.2 Å². The van der Waals surface area contributed by atoms with E-state index in [1.807, 2.05) is 30.3 Å². The molecule has 9 nitrogen and oxygen atoms in total. The van der Waals surface area contributed by atoms with Gasteiger partial charge >= 0.3 is 12.1 Å². The largest absolute Gasteiger partial charge is 0.477 e. The highest BCUT2D eigenvalue weighted by molar-refractivity contribution is 8.22. The van der Waals surface area contributed by atoms with Crippen LogP contribution in [0.25, 0.3) is 10.4 Å². The Balaban J connectivity index is 1.62. The monoisotopic (exact) mass is 647 g/mol. The first-order valence-electron chi connectivity index (χ1n) is 14.3. The number of ether oxygens (including phenoxy) is 1. The molecule has 1 fully saturated rings. The van der Waals surface area contributed by atoms with Crippen molar-refractivity contribution in [2.75, 3.05) is 23.8 Å². The van der Waals surface area contributed by atoms with Gasteiger partial charge in [-0.1, -0.05) is 49.1 Å². The summed E-state index contributed by atoms with van der Waals surface area (Å²) in [6.45, 7) is 5.69. The average Bonchev–Trinajstić information content (AvgIpc) is 3.33. The quantitative estimate of drug-likeness (QED) is 0.216. The smallest absolute Gasteiger partial charge is 0.412 e. The molecule has 12 heteroatoms. The Kier molecular flexibility index (Phi) is 9.04. The molecule has 0 radical (unpaired) electrons. The Morgan fingerprint density at radius 2 is 1.74 bits per heavy atom. The molecule has 232 valence electrons. The highest BCUT2D eigenvalue weighted by Gasteiger charge is 2.41. The lowest BCUT2D eigenvalue weighted by atomic mass is 9.83. The number of halogens is 1. The van der Waals surface area contributed by atoms with Gasteiger partial charge in [-0.25, -0.2) is 9.59 Å².